The Bertz CT molecular complexity index is 1260. The number of benzene rings is 1. The van der Waals surface area contributed by atoms with Crippen molar-refractivity contribution >= 4 is 26.5 Å². The Kier molecular flexibility index (Phi) is 5.08. The van der Waals surface area contributed by atoms with Crippen molar-refractivity contribution in [1.29, 1.82) is 5.26 Å². The molecule has 0 spiro atoms. The molecule has 3 heterocycles. The van der Waals surface area contributed by atoms with Crippen LogP contribution in [0.5, 0.6) is 0 Å². The molecule has 1 aromatic carbocycles. The Morgan fingerprint density at radius 3 is 2.52 bits per heavy atom. The number of nitriles is 1. The van der Waals surface area contributed by atoms with Gasteiger partial charge in [-0.25, -0.2) is 17.7 Å². The van der Waals surface area contributed by atoms with Crippen LogP contribution >= 0.6 is 0 Å². The fourth-order valence-corrected chi connectivity index (χ4v) is 6.04. The summed E-state index contributed by atoms with van der Waals surface area (Å²) >= 11 is 0. The van der Waals surface area contributed by atoms with Crippen LogP contribution in [0.2, 0.25) is 0 Å². The molecule has 0 unspecified atom stereocenters. The molecule has 8 heteroatoms. The van der Waals surface area contributed by atoms with E-state index in [1.54, 1.807) is 22.8 Å². The predicted octanol–water partition coefficient (Wildman–Crippen LogP) is 3.54. The van der Waals surface area contributed by atoms with Crippen molar-refractivity contribution in [2.75, 3.05) is 18.4 Å². The molecule has 1 saturated heterocycles. The van der Waals surface area contributed by atoms with E-state index in [-0.39, 0.29) is 11.3 Å². The number of pyridine rings is 2. The van der Waals surface area contributed by atoms with Gasteiger partial charge in [-0.05, 0) is 67.0 Å². The number of rotatable bonds is 5. The maximum absolute atomic E-state index is 12.5. The highest BCUT2D eigenvalue weighted by Gasteiger charge is 2.41. The minimum absolute atomic E-state index is 0.148. The molecule has 0 radical (unpaired) electrons. The molecule has 0 atom stereocenters. The number of piperidine rings is 1. The van der Waals surface area contributed by atoms with E-state index in [2.05, 4.69) is 27.4 Å². The molecule has 1 aliphatic heterocycles. The van der Waals surface area contributed by atoms with Crippen molar-refractivity contribution in [3.8, 4) is 17.2 Å². The lowest BCUT2D eigenvalue weighted by Crippen LogP contribution is -2.43. The minimum atomic E-state index is -3.10. The molecule has 7 nitrogen and oxygen atoms in total. The van der Waals surface area contributed by atoms with Gasteiger partial charge in [0.15, 0.2) is 0 Å². The molecular formula is C23H23N5O2S. The Morgan fingerprint density at radius 1 is 1.03 bits per heavy atom. The summed E-state index contributed by atoms with van der Waals surface area (Å²) in [5.74, 6) is 0. The number of nitrogens with one attached hydrogen (secondary N) is 1. The Balaban J connectivity index is 1.39. The Hall–Kier alpha value is -3.02. The molecule has 3 aromatic rings. The zero-order valence-electron chi connectivity index (χ0n) is 17.0. The molecule has 5 rings (SSSR count). The minimum Gasteiger partial charge on any atom is -0.382 e. The number of aromatic nitrogens is 2. The molecule has 31 heavy (non-hydrogen) atoms. The second kappa shape index (κ2) is 7.91. The number of hydrogen-bond acceptors (Lipinski definition) is 6. The zero-order chi connectivity index (χ0) is 21.4. The lowest BCUT2D eigenvalue weighted by molar-refractivity contribution is 0.329. The number of sulfonamides is 1. The quantitative estimate of drug-likeness (QED) is 0.661. The average Bonchev–Trinajstić information content (AvgIpc) is 3.66. The van der Waals surface area contributed by atoms with Crippen LogP contribution in [0.4, 0.5) is 5.69 Å². The predicted molar refractivity (Wildman–Crippen MR) is 120 cm³/mol. The fraction of sp³-hybridized carbons (Fsp3) is 0.348. The lowest BCUT2D eigenvalue weighted by atomic mass is 10.00. The third-order valence-corrected chi connectivity index (χ3v) is 8.49. The third-order valence-electron chi connectivity index (χ3n) is 6.09. The molecule has 158 valence electrons. The van der Waals surface area contributed by atoms with Gasteiger partial charge in [0.25, 0.3) is 0 Å². The topological polar surface area (TPSA) is 99.0 Å². The van der Waals surface area contributed by atoms with E-state index in [0.717, 1.165) is 53.3 Å². The molecule has 2 aliphatic rings. The van der Waals surface area contributed by atoms with Gasteiger partial charge in [0.2, 0.25) is 10.0 Å². The van der Waals surface area contributed by atoms with Crippen LogP contribution in [0.15, 0.2) is 48.9 Å². The van der Waals surface area contributed by atoms with E-state index in [1.807, 2.05) is 24.4 Å². The van der Waals surface area contributed by atoms with Crippen LogP contribution in [0.1, 0.15) is 31.4 Å². The molecule has 0 amide bonds. The molecular weight excluding hydrogens is 410 g/mol. The van der Waals surface area contributed by atoms with Gasteiger partial charge in [0, 0.05) is 54.4 Å². The lowest BCUT2D eigenvalue weighted by Gasteiger charge is -2.32. The number of anilines is 1. The highest BCUT2D eigenvalue weighted by atomic mass is 32.2. The first-order valence-electron chi connectivity index (χ1n) is 10.5. The first-order chi connectivity index (χ1) is 15.0. The maximum Gasteiger partial charge on any atom is 0.216 e. The first-order valence-corrected chi connectivity index (χ1v) is 12.0. The van der Waals surface area contributed by atoms with Crippen LogP contribution in [0.3, 0.4) is 0 Å². The van der Waals surface area contributed by atoms with Gasteiger partial charge in [-0.15, -0.1) is 0 Å². The van der Waals surface area contributed by atoms with Crippen LogP contribution in [0, 0.1) is 11.3 Å². The van der Waals surface area contributed by atoms with Gasteiger partial charge >= 0.3 is 0 Å². The molecule has 1 saturated carbocycles. The van der Waals surface area contributed by atoms with E-state index < -0.39 is 10.0 Å². The van der Waals surface area contributed by atoms with Gasteiger partial charge in [0.1, 0.15) is 11.8 Å². The highest BCUT2D eigenvalue weighted by molar-refractivity contribution is 7.90. The summed E-state index contributed by atoms with van der Waals surface area (Å²) < 4.78 is 26.7. The van der Waals surface area contributed by atoms with E-state index in [4.69, 9.17) is 5.26 Å². The Morgan fingerprint density at radius 2 is 1.84 bits per heavy atom. The SMILES string of the molecule is N#Cc1ccc(-c2cc(NC3CCN(S(=O)(=O)C4CC4)CC3)c3cnccc3c2)cn1. The van der Waals surface area contributed by atoms with E-state index in [9.17, 15) is 8.42 Å². The molecule has 0 bridgehead atoms. The number of fused-ring (bicyclic) bond motifs is 1. The van der Waals surface area contributed by atoms with Crippen molar-refractivity contribution in [3.63, 3.8) is 0 Å². The summed E-state index contributed by atoms with van der Waals surface area (Å²) in [7, 11) is -3.10. The van der Waals surface area contributed by atoms with Crippen molar-refractivity contribution in [2.24, 2.45) is 0 Å². The first kappa shape index (κ1) is 19.9. The molecule has 2 fully saturated rings. The fourth-order valence-electron chi connectivity index (χ4n) is 4.17. The average molecular weight is 434 g/mol. The summed E-state index contributed by atoms with van der Waals surface area (Å²) in [5, 5.41) is 14.6. The highest BCUT2D eigenvalue weighted by Crippen LogP contribution is 2.34. The van der Waals surface area contributed by atoms with Gasteiger partial charge in [-0.3, -0.25) is 4.98 Å². The van der Waals surface area contributed by atoms with Crippen LogP contribution in [-0.2, 0) is 10.0 Å². The van der Waals surface area contributed by atoms with Crippen molar-refractivity contribution in [2.45, 2.75) is 37.0 Å². The van der Waals surface area contributed by atoms with Crippen molar-refractivity contribution < 1.29 is 8.42 Å². The summed E-state index contributed by atoms with van der Waals surface area (Å²) in [6, 6.07) is 12.0. The summed E-state index contributed by atoms with van der Waals surface area (Å²) in [6.07, 6.45) is 8.49. The van der Waals surface area contributed by atoms with Gasteiger partial charge < -0.3 is 5.32 Å². The second-order valence-corrected chi connectivity index (χ2v) is 10.4. The van der Waals surface area contributed by atoms with Gasteiger partial charge in [-0.1, -0.05) is 0 Å². The second-order valence-electron chi connectivity index (χ2n) is 8.23. The van der Waals surface area contributed by atoms with Crippen LogP contribution in [-0.4, -0.2) is 47.1 Å². The van der Waals surface area contributed by atoms with E-state index >= 15 is 0 Å². The largest absolute Gasteiger partial charge is 0.382 e. The summed E-state index contributed by atoms with van der Waals surface area (Å²) in [4.78, 5) is 8.48. The van der Waals surface area contributed by atoms with Crippen molar-refractivity contribution in [1.82, 2.24) is 14.3 Å². The van der Waals surface area contributed by atoms with E-state index in [0.29, 0.717) is 18.8 Å². The summed E-state index contributed by atoms with van der Waals surface area (Å²) in [6.45, 7) is 1.12. The standard InChI is InChI=1S/C23H23N5O2S/c24-13-20-2-1-17(14-26-20)18-11-16-5-8-25-15-22(16)23(12-18)27-19-6-9-28(10-7-19)31(29,30)21-3-4-21/h1-2,5,8,11-12,14-15,19,21,27H,3-4,6-7,9-10H2. The van der Waals surface area contributed by atoms with E-state index in [1.165, 1.54) is 0 Å². The molecule has 2 aromatic heterocycles. The molecule has 1 N–H and O–H groups in total. The van der Waals surface area contributed by atoms with Gasteiger partial charge in [0.05, 0.1) is 5.25 Å². The van der Waals surface area contributed by atoms with Crippen LogP contribution in [0.25, 0.3) is 21.9 Å². The van der Waals surface area contributed by atoms with Gasteiger partial charge in [-0.2, -0.15) is 5.26 Å². The van der Waals surface area contributed by atoms with Crippen LogP contribution < -0.4 is 5.32 Å². The maximum atomic E-state index is 12.5. The monoisotopic (exact) mass is 433 g/mol. The molecule has 1 aliphatic carbocycles. The smallest absolute Gasteiger partial charge is 0.216 e. The zero-order valence-corrected chi connectivity index (χ0v) is 17.8. The van der Waals surface area contributed by atoms with Crippen molar-refractivity contribution in [3.05, 3.63) is 54.6 Å². The number of nitrogens with zero attached hydrogens (tertiary/aromatic N) is 4. The summed E-state index contributed by atoms with van der Waals surface area (Å²) in [5.41, 5.74) is 3.31. The Labute approximate surface area is 181 Å². The normalized spacial score (nSPS) is 18.0. The third kappa shape index (κ3) is 3.99. The number of hydrogen-bond donors (Lipinski definition) is 1.